The van der Waals surface area contributed by atoms with Gasteiger partial charge in [0.2, 0.25) is 5.88 Å². The van der Waals surface area contributed by atoms with Crippen LogP contribution in [0.1, 0.15) is 12.0 Å². The third-order valence-corrected chi connectivity index (χ3v) is 2.72. The Balaban J connectivity index is 0.00000200. The highest BCUT2D eigenvalue weighted by Gasteiger charge is 2.07. The molecule has 2 heterocycles. The van der Waals surface area contributed by atoms with Crippen LogP contribution in [0.25, 0.3) is 0 Å². The highest BCUT2D eigenvalue weighted by Crippen LogP contribution is 2.13. The van der Waals surface area contributed by atoms with E-state index in [0.717, 1.165) is 31.0 Å². The van der Waals surface area contributed by atoms with Crippen LogP contribution < -0.4 is 15.4 Å². The van der Waals surface area contributed by atoms with E-state index >= 15 is 0 Å². The molecule has 1 aliphatic heterocycles. The Morgan fingerprint density at radius 2 is 2.30 bits per heavy atom. The van der Waals surface area contributed by atoms with Crippen LogP contribution in [0.15, 0.2) is 23.3 Å². The number of ether oxygens (including phenoxy) is 2. The maximum Gasteiger partial charge on any atom is 0.218 e. The molecule has 0 saturated heterocycles. The summed E-state index contributed by atoms with van der Waals surface area (Å²) in [5.74, 6) is 1.49. The molecule has 1 aliphatic rings. The van der Waals surface area contributed by atoms with Crippen molar-refractivity contribution >= 4 is 29.9 Å². The topological polar surface area (TPSA) is 67.8 Å². The third-order valence-electron chi connectivity index (χ3n) is 2.72. The number of rotatable bonds is 6. The zero-order chi connectivity index (χ0) is 13.3. The average molecular weight is 392 g/mol. The molecule has 0 saturated carbocycles. The zero-order valence-electron chi connectivity index (χ0n) is 11.6. The molecule has 2 rings (SSSR count). The standard InChI is InChI=1S/C13H20N4O2.HI/c1-18-8-9-19-12-11(4-2-5-14-12)10-17-13-15-6-3-7-16-13;/h2,4-5H,3,6-10H2,1H3,(H2,15,16,17);1H. The number of aromatic nitrogens is 1. The summed E-state index contributed by atoms with van der Waals surface area (Å²) in [6, 6.07) is 3.89. The van der Waals surface area contributed by atoms with Gasteiger partial charge in [-0.05, 0) is 12.5 Å². The molecule has 7 heteroatoms. The molecule has 0 bridgehead atoms. The molecule has 0 amide bonds. The molecule has 0 radical (unpaired) electrons. The molecule has 6 nitrogen and oxygen atoms in total. The SMILES string of the molecule is COCCOc1ncccc1CNC1=NCCCN1.I. The summed E-state index contributed by atoms with van der Waals surface area (Å²) in [5.41, 5.74) is 1.01. The lowest BCUT2D eigenvalue weighted by molar-refractivity contribution is 0.143. The number of aliphatic imine (C=N–C) groups is 1. The Hall–Kier alpha value is -1.09. The first-order chi connectivity index (χ1) is 9.40. The van der Waals surface area contributed by atoms with Gasteiger partial charge in [0.25, 0.3) is 0 Å². The average Bonchev–Trinajstić information content (AvgIpc) is 2.48. The molecule has 1 aromatic heterocycles. The number of hydrogen-bond donors (Lipinski definition) is 2. The molecule has 0 spiro atoms. The summed E-state index contributed by atoms with van der Waals surface area (Å²) in [4.78, 5) is 8.60. The molecule has 1 aromatic rings. The minimum atomic E-state index is 0. The lowest BCUT2D eigenvalue weighted by atomic mass is 10.2. The van der Waals surface area contributed by atoms with Crippen molar-refractivity contribution in [3.05, 3.63) is 23.9 Å². The second kappa shape index (κ2) is 9.76. The van der Waals surface area contributed by atoms with E-state index in [1.807, 2.05) is 12.1 Å². The second-order valence-electron chi connectivity index (χ2n) is 4.17. The second-order valence-corrected chi connectivity index (χ2v) is 4.17. The van der Waals surface area contributed by atoms with E-state index in [1.165, 1.54) is 0 Å². The Labute approximate surface area is 136 Å². The normalized spacial score (nSPS) is 13.8. The number of methoxy groups -OCH3 is 1. The van der Waals surface area contributed by atoms with Crippen molar-refractivity contribution in [3.63, 3.8) is 0 Å². The van der Waals surface area contributed by atoms with Gasteiger partial charge in [-0.2, -0.15) is 0 Å². The van der Waals surface area contributed by atoms with E-state index < -0.39 is 0 Å². The summed E-state index contributed by atoms with van der Waals surface area (Å²) in [6.45, 7) is 3.54. The fraction of sp³-hybridized carbons (Fsp3) is 0.538. The number of pyridine rings is 1. The molecule has 2 N–H and O–H groups in total. The molecule has 0 aliphatic carbocycles. The minimum Gasteiger partial charge on any atom is -0.475 e. The van der Waals surface area contributed by atoms with Gasteiger partial charge in [0, 0.05) is 38.5 Å². The lowest BCUT2D eigenvalue weighted by Gasteiger charge is -2.17. The summed E-state index contributed by atoms with van der Waals surface area (Å²) >= 11 is 0. The Morgan fingerprint density at radius 1 is 1.40 bits per heavy atom. The predicted octanol–water partition coefficient (Wildman–Crippen LogP) is 1.16. The van der Waals surface area contributed by atoms with Crippen LogP contribution >= 0.6 is 24.0 Å². The van der Waals surface area contributed by atoms with E-state index in [4.69, 9.17) is 9.47 Å². The quantitative estimate of drug-likeness (QED) is 0.562. The molecule has 20 heavy (non-hydrogen) atoms. The van der Waals surface area contributed by atoms with E-state index in [-0.39, 0.29) is 24.0 Å². The first-order valence-electron chi connectivity index (χ1n) is 6.48. The van der Waals surface area contributed by atoms with Crippen LogP contribution in [0.4, 0.5) is 0 Å². The van der Waals surface area contributed by atoms with Crippen molar-refractivity contribution in [1.82, 2.24) is 15.6 Å². The first kappa shape index (κ1) is 17.0. The molecule has 0 aromatic carbocycles. The Kier molecular flexibility index (Phi) is 8.28. The van der Waals surface area contributed by atoms with Gasteiger partial charge in [-0.15, -0.1) is 24.0 Å². The van der Waals surface area contributed by atoms with Crippen molar-refractivity contribution < 1.29 is 9.47 Å². The maximum absolute atomic E-state index is 5.58. The fourth-order valence-electron chi connectivity index (χ4n) is 1.74. The van der Waals surface area contributed by atoms with E-state index in [9.17, 15) is 0 Å². The van der Waals surface area contributed by atoms with E-state index in [0.29, 0.717) is 25.6 Å². The predicted molar refractivity (Wildman–Crippen MR) is 88.8 cm³/mol. The van der Waals surface area contributed by atoms with E-state index in [2.05, 4.69) is 20.6 Å². The largest absolute Gasteiger partial charge is 0.475 e. The van der Waals surface area contributed by atoms with Gasteiger partial charge < -0.3 is 20.1 Å². The molecular formula is C13H21IN4O2. The zero-order valence-corrected chi connectivity index (χ0v) is 13.9. The summed E-state index contributed by atoms with van der Waals surface area (Å²) in [7, 11) is 1.65. The minimum absolute atomic E-state index is 0. The van der Waals surface area contributed by atoms with E-state index in [1.54, 1.807) is 13.3 Å². The van der Waals surface area contributed by atoms with Crippen molar-refractivity contribution in [3.8, 4) is 5.88 Å². The third kappa shape index (κ3) is 5.49. The van der Waals surface area contributed by atoms with Gasteiger partial charge in [0.15, 0.2) is 5.96 Å². The molecule has 0 unspecified atom stereocenters. The van der Waals surface area contributed by atoms with Crippen LogP contribution in [0.3, 0.4) is 0 Å². The highest BCUT2D eigenvalue weighted by molar-refractivity contribution is 14.0. The number of halogens is 1. The van der Waals surface area contributed by atoms with Crippen molar-refractivity contribution in [2.24, 2.45) is 4.99 Å². The van der Waals surface area contributed by atoms with Gasteiger partial charge in [-0.1, -0.05) is 6.07 Å². The number of guanidine groups is 1. The van der Waals surface area contributed by atoms with Gasteiger partial charge in [-0.25, -0.2) is 4.98 Å². The summed E-state index contributed by atoms with van der Waals surface area (Å²) in [6.07, 6.45) is 2.81. The highest BCUT2D eigenvalue weighted by atomic mass is 127. The van der Waals surface area contributed by atoms with Crippen molar-refractivity contribution in [2.45, 2.75) is 13.0 Å². The number of nitrogens with one attached hydrogen (secondary N) is 2. The lowest BCUT2D eigenvalue weighted by Crippen LogP contribution is -2.40. The molecular weight excluding hydrogens is 371 g/mol. The van der Waals surface area contributed by atoms with Gasteiger partial charge in [-0.3, -0.25) is 4.99 Å². The Bertz CT molecular complexity index is 429. The molecule has 0 fully saturated rings. The Morgan fingerprint density at radius 3 is 3.05 bits per heavy atom. The van der Waals surface area contributed by atoms with Gasteiger partial charge >= 0.3 is 0 Å². The van der Waals surface area contributed by atoms with Crippen molar-refractivity contribution in [2.75, 3.05) is 33.4 Å². The van der Waals surface area contributed by atoms with Crippen LogP contribution in [-0.4, -0.2) is 44.4 Å². The molecule has 0 atom stereocenters. The van der Waals surface area contributed by atoms with Gasteiger partial charge in [0.05, 0.1) is 6.61 Å². The maximum atomic E-state index is 5.58. The van der Waals surface area contributed by atoms with Crippen LogP contribution in [0.5, 0.6) is 5.88 Å². The van der Waals surface area contributed by atoms with Crippen LogP contribution in [0, 0.1) is 0 Å². The van der Waals surface area contributed by atoms with Crippen LogP contribution in [0.2, 0.25) is 0 Å². The number of hydrogen-bond acceptors (Lipinski definition) is 6. The van der Waals surface area contributed by atoms with Crippen molar-refractivity contribution in [1.29, 1.82) is 0 Å². The fourth-order valence-corrected chi connectivity index (χ4v) is 1.74. The number of nitrogens with zero attached hydrogens (tertiary/aromatic N) is 2. The monoisotopic (exact) mass is 392 g/mol. The molecule has 112 valence electrons. The first-order valence-corrected chi connectivity index (χ1v) is 6.48. The smallest absolute Gasteiger partial charge is 0.218 e. The van der Waals surface area contributed by atoms with Gasteiger partial charge in [0.1, 0.15) is 6.61 Å². The summed E-state index contributed by atoms with van der Waals surface area (Å²) in [5, 5.41) is 6.48. The summed E-state index contributed by atoms with van der Waals surface area (Å²) < 4.78 is 10.5. The van der Waals surface area contributed by atoms with Crippen LogP contribution in [-0.2, 0) is 11.3 Å².